The summed E-state index contributed by atoms with van der Waals surface area (Å²) in [5.41, 5.74) is 0.785. The summed E-state index contributed by atoms with van der Waals surface area (Å²) in [6, 6.07) is 9.49. The molecule has 0 amide bonds. The van der Waals surface area contributed by atoms with Crippen molar-refractivity contribution in [1.29, 1.82) is 0 Å². The van der Waals surface area contributed by atoms with Gasteiger partial charge in [0, 0.05) is 23.6 Å². The summed E-state index contributed by atoms with van der Waals surface area (Å²) < 4.78 is 41.7. The quantitative estimate of drug-likeness (QED) is 0.510. The van der Waals surface area contributed by atoms with Crippen molar-refractivity contribution in [2.45, 2.75) is 18.2 Å². The summed E-state index contributed by atoms with van der Waals surface area (Å²) in [6.45, 7) is 2.15. The Hall–Kier alpha value is -1.77. The standard InChI is InChI=1S/C17H19BrO6S/c1-12-8-14(23-7-3-6-19)11-15(9-12)24-25(20,21)17-10-13(18)4-5-16(17)22-2/h4-5,8-11,19H,3,6-7H2,1-2H3. The average molecular weight is 431 g/mol. The number of halogens is 1. The fraction of sp³-hybridized carbons (Fsp3) is 0.294. The molecule has 0 heterocycles. The van der Waals surface area contributed by atoms with Crippen LogP contribution >= 0.6 is 15.9 Å². The lowest BCUT2D eigenvalue weighted by molar-refractivity contribution is 0.233. The third-order valence-electron chi connectivity index (χ3n) is 3.20. The maximum Gasteiger partial charge on any atom is 0.342 e. The molecule has 0 aromatic heterocycles. The summed E-state index contributed by atoms with van der Waals surface area (Å²) in [5, 5.41) is 8.80. The molecule has 2 aromatic rings. The Morgan fingerprint density at radius 1 is 1.12 bits per heavy atom. The number of rotatable bonds is 8. The van der Waals surface area contributed by atoms with E-state index in [0.717, 1.165) is 5.56 Å². The smallest absolute Gasteiger partial charge is 0.342 e. The van der Waals surface area contributed by atoms with Crippen molar-refractivity contribution < 1.29 is 27.2 Å². The lowest BCUT2D eigenvalue weighted by atomic mass is 10.2. The van der Waals surface area contributed by atoms with Crippen LogP contribution in [0.15, 0.2) is 45.8 Å². The van der Waals surface area contributed by atoms with E-state index in [-0.39, 0.29) is 23.0 Å². The number of aliphatic hydroxyl groups is 1. The van der Waals surface area contributed by atoms with Gasteiger partial charge < -0.3 is 18.8 Å². The minimum atomic E-state index is -4.09. The van der Waals surface area contributed by atoms with Crippen LogP contribution in [-0.4, -0.2) is 33.8 Å². The number of benzene rings is 2. The van der Waals surface area contributed by atoms with E-state index in [2.05, 4.69) is 15.9 Å². The predicted molar refractivity (Wildman–Crippen MR) is 96.9 cm³/mol. The SMILES string of the molecule is COc1ccc(Br)cc1S(=O)(=O)Oc1cc(C)cc(OCCCO)c1. The molecule has 0 radical (unpaired) electrons. The Morgan fingerprint density at radius 2 is 1.84 bits per heavy atom. The molecule has 0 spiro atoms. The molecule has 25 heavy (non-hydrogen) atoms. The van der Waals surface area contributed by atoms with Crippen molar-refractivity contribution >= 4 is 26.0 Å². The van der Waals surface area contributed by atoms with E-state index in [4.69, 9.17) is 18.8 Å². The lowest BCUT2D eigenvalue weighted by Gasteiger charge is -2.13. The molecule has 2 aromatic carbocycles. The van der Waals surface area contributed by atoms with Crippen molar-refractivity contribution in [1.82, 2.24) is 0 Å². The Morgan fingerprint density at radius 3 is 2.52 bits per heavy atom. The molecule has 8 heteroatoms. The number of methoxy groups -OCH3 is 1. The van der Waals surface area contributed by atoms with Gasteiger partial charge in [0.2, 0.25) is 0 Å². The van der Waals surface area contributed by atoms with Gasteiger partial charge in [-0.3, -0.25) is 0 Å². The molecule has 0 saturated carbocycles. The van der Waals surface area contributed by atoms with Crippen LogP contribution < -0.4 is 13.7 Å². The number of aryl methyl sites for hydroxylation is 1. The van der Waals surface area contributed by atoms with E-state index in [1.165, 1.54) is 19.2 Å². The van der Waals surface area contributed by atoms with Crippen LogP contribution in [0.2, 0.25) is 0 Å². The first-order valence-corrected chi connectivity index (χ1v) is 9.69. The Bertz CT molecular complexity index is 835. The highest BCUT2D eigenvalue weighted by atomic mass is 79.9. The van der Waals surface area contributed by atoms with Gasteiger partial charge in [-0.25, -0.2) is 0 Å². The largest absolute Gasteiger partial charge is 0.495 e. The third kappa shape index (κ3) is 5.35. The van der Waals surface area contributed by atoms with E-state index < -0.39 is 10.1 Å². The van der Waals surface area contributed by atoms with Gasteiger partial charge in [0.05, 0.1) is 13.7 Å². The van der Waals surface area contributed by atoms with Crippen LogP contribution in [0.4, 0.5) is 0 Å². The van der Waals surface area contributed by atoms with Gasteiger partial charge in [0.1, 0.15) is 22.1 Å². The topological polar surface area (TPSA) is 82.1 Å². The van der Waals surface area contributed by atoms with Crippen molar-refractivity contribution in [2.75, 3.05) is 20.3 Å². The van der Waals surface area contributed by atoms with Crippen molar-refractivity contribution in [2.24, 2.45) is 0 Å². The highest BCUT2D eigenvalue weighted by molar-refractivity contribution is 9.10. The summed E-state index contributed by atoms with van der Waals surface area (Å²) in [4.78, 5) is -0.0753. The number of hydrogen-bond donors (Lipinski definition) is 1. The first kappa shape index (κ1) is 19.6. The molecule has 0 aliphatic heterocycles. The zero-order valence-corrected chi connectivity index (χ0v) is 16.3. The fourth-order valence-corrected chi connectivity index (χ4v) is 3.74. The number of aliphatic hydroxyl groups excluding tert-OH is 1. The second-order valence-corrected chi connectivity index (χ2v) is 7.67. The molecular formula is C17H19BrO6S. The van der Waals surface area contributed by atoms with Crippen LogP contribution in [0, 0.1) is 6.92 Å². The van der Waals surface area contributed by atoms with E-state index in [1.807, 2.05) is 0 Å². The molecule has 0 atom stereocenters. The Labute approximate surface area is 155 Å². The summed E-state index contributed by atoms with van der Waals surface area (Å²) >= 11 is 3.25. The van der Waals surface area contributed by atoms with E-state index in [0.29, 0.717) is 23.2 Å². The van der Waals surface area contributed by atoms with Crippen molar-refractivity contribution in [3.63, 3.8) is 0 Å². The van der Waals surface area contributed by atoms with Gasteiger partial charge in [-0.05, 0) is 42.8 Å². The van der Waals surface area contributed by atoms with Crippen molar-refractivity contribution in [3.8, 4) is 17.2 Å². The number of ether oxygens (including phenoxy) is 2. The molecule has 0 aliphatic rings. The minimum Gasteiger partial charge on any atom is -0.495 e. The van der Waals surface area contributed by atoms with E-state index in [9.17, 15) is 8.42 Å². The second kappa shape index (κ2) is 8.55. The molecule has 2 rings (SSSR count). The zero-order chi connectivity index (χ0) is 18.4. The summed E-state index contributed by atoms with van der Waals surface area (Å²) in [7, 11) is -2.70. The molecule has 0 bridgehead atoms. The molecule has 6 nitrogen and oxygen atoms in total. The lowest BCUT2D eigenvalue weighted by Crippen LogP contribution is -2.11. The van der Waals surface area contributed by atoms with Gasteiger partial charge in [0.15, 0.2) is 0 Å². The summed E-state index contributed by atoms with van der Waals surface area (Å²) in [6.07, 6.45) is 0.484. The molecule has 0 fully saturated rings. The van der Waals surface area contributed by atoms with Crippen LogP contribution in [0.3, 0.4) is 0 Å². The fourth-order valence-electron chi connectivity index (χ4n) is 2.12. The predicted octanol–water partition coefficient (Wildman–Crippen LogP) is 3.30. The average Bonchev–Trinajstić information content (AvgIpc) is 2.54. The molecule has 0 aliphatic carbocycles. The van der Waals surface area contributed by atoms with Crippen molar-refractivity contribution in [3.05, 3.63) is 46.4 Å². The van der Waals surface area contributed by atoms with Gasteiger partial charge in [-0.1, -0.05) is 15.9 Å². The summed E-state index contributed by atoms with van der Waals surface area (Å²) in [5.74, 6) is 0.802. The van der Waals surface area contributed by atoms with Crippen LogP contribution in [0.5, 0.6) is 17.2 Å². The maximum atomic E-state index is 12.6. The highest BCUT2D eigenvalue weighted by Crippen LogP contribution is 2.31. The second-order valence-electron chi connectivity index (χ2n) is 5.24. The minimum absolute atomic E-state index is 0.0201. The molecular weight excluding hydrogens is 412 g/mol. The first-order chi connectivity index (χ1) is 11.9. The molecule has 0 saturated heterocycles. The monoisotopic (exact) mass is 430 g/mol. The number of hydrogen-bond acceptors (Lipinski definition) is 6. The third-order valence-corrected chi connectivity index (χ3v) is 4.96. The zero-order valence-electron chi connectivity index (χ0n) is 13.9. The van der Waals surface area contributed by atoms with E-state index >= 15 is 0 Å². The molecule has 136 valence electrons. The Kier molecular flexibility index (Phi) is 6.69. The van der Waals surface area contributed by atoms with Crippen LogP contribution in [0.1, 0.15) is 12.0 Å². The van der Waals surface area contributed by atoms with Gasteiger partial charge >= 0.3 is 10.1 Å². The van der Waals surface area contributed by atoms with Crippen LogP contribution in [-0.2, 0) is 10.1 Å². The van der Waals surface area contributed by atoms with Gasteiger partial charge in [0.25, 0.3) is 0 Å². The first-order valence-electron chi connectivity index (χ1n) is 7.49. The van der Waals surface area contributed by atoms with E-state index in [1.54, 1.807) is 31.2 Å². The van der Waals surface area contributed by atoms with Gasteiger partial charge in [-0.2, -0.15) is 8.42 Å². The van der Waals surface area contributed by atoms with Gasteiger partial charge in [-0.15, -0.1) is 0 Å². The normalized spacial score (nSPS) is 11.2. The highest BCUT2D eigenvalue weighted by Gasteiger charge is 2.23. The Balaban J connectivity index is 2.30. The molecule has 0 unspecified atom stereocenters. The maximum absolute atomic E-state index is 12.6. The molecule has 1 N–H and O–H groups in total. The van der Waals surface area contributed by atoms with Crippen LogP contribution in [0.25, 0.3) is 0 Å².